The number of hydrogen-bond donors (Lipinski definition) is 1. The molecule has 7 nitrogen and oxygen atoms in total. The predicted octanol–water partition coefficient (Wildman–Crippen LogP) is 4.42. The number of benzene rings is 3. The molecule has 9 heteroatoms. The van der Waals surface area contributed by atoms with E-state index in [9.17, 15) is 13.2 Å². The molecule has 1 aromatic heterocycles. The van der Waals surface area contributed by atoms with Crippen molar-refractivity contribution < 1.29 is 13.2 Å². The molecule has 4 aromatic rings. The van der Waals surface area contributed by atoms with Crippen molar-refractivity contribution >= 4 is 27.5 Å². The third-order valence-electron chi connectivity index (χ3n) is 5.45. The molecule has 0 fully saturated rings. The molecule has 0 aliphatic carbocycles. The minimum atomic E-state index is -3.93. The highest BCUT2D eigenvalue weighted by atomic mass is 35.5. The molecule has 0 unspecified atom stereocenters. The number of halogens is 1. The highest BCUT2D eigenvalue weighted by Crippen LogP contribution is 2.27. The Hall–Kier alpha value is -3.46. The zero-order chi connectivity index (χ0) is 24.5. The fourth-order valence-corrected chi connectivity index (χ4v) is 4.30. The monoisotopic (exact) mass is 494 g/mol. The number of carbonyl (C=O) groups is 1. The largest absolute Gasteiger partial charge is 0.337 e. The van der Waals surface area contributed by atoms with Gasteiger partial charge in [0.05, 0.1) is 16.3 Å². The number of amides is 1. The van der Waals surface area contributed by atoms with Gasteiger partial charge in [0.1, 0.15) is 0 Å². The number of hydrogen-bond acceptors (Lipinski definition) is 4. The van der Waals surface area contributed by atoms with Gasteiger partial charge in [-0.2, -0.15) is 5.10 Å². The lowest BCUT2D eigenvalue weighted by Gasteiger charge is -2.19. The van der Waals surface area contributed by atoms with Crippen LogP contribution in [0.25, 0.3) is 16.9 Å². The van der Waals surface area contributed by atoms with E-state index in [0.29, 0.717) is 10.6 Å². The first-order chi connectivity index (χ1) is 16.1. The van der Waals surface area contributed by atoms with Crippen LogP contribution in [0.2, 0.25) is 5.02 Å². The van der Waals surface area contributed by atoms with E-state index in [1.807, 2.05) is 48.7 Å². The molecule has 0 bridgehead atoms. The summed E-state index contributed by atoms with van der Waals surface area (Å²) in [5, 5.41) is 10.6. The molecule has 0 saturated carbocycles. The molecule has 0 spiro atoms. The van der Waals surface area contributed by atoms with Gasteiger partial charge in [0.2, 0.25) is 10.0 Å². The van der Waals surface area contributed by atoms with Gasteiger partial charge >= 0.3 is 0 Å². The van der Waals surface area contributed by atoms with Crippen molar-refractivity contribution in [3.8, 4) is 16.9 Å². The van der Waals surface area contributed by atoms with Gasteiger partial charge in [-0.1, -0.05) is 48.0 Å². The van der Waals surface area contributed by atoms with E-state index in [4.69, 9.17) is 21.8 Å². The Balaban J connectivity index is 1.71. The van der Waals surface area contributed by atoms with Crippen LogP contribution in [-0.4, -0.2) is 36.1 Å². The van der Waals surface area contributed by atoms with Gasteiger partial charge in [0.25, 0.3) is 5.91 Å². The van der Waals surface area contributed by atoms with Crippen LogP contribution in [0, 0.1) is 6.92 Å². The van der Waals surface area contributed by atoms with Crippen LogP contribution in [-0.2, 0) is 16.6 Å². The number of carbonyl (C=O) groups excluding carboxylic acids is 1. The van der Waals surface area contributed by atoms with E-state index in [1.165, 1.54) is 17.0 Å². The summed E-state index contributed by atoms with van der Waals surface area (Å²) >= 11 is 6.06. The Morgan fingerprint density at radius 2 is 1.74 bits per heavy atom. The first kappa shape index (κ1) is 23.7. The molecule has 4 rings (SSSR count). The van der Waals surface area contributed by atoms with Gasteiger partial charge in [-0.3, -0.25) is 4.79 Å². The fourth-order valence-electron chi connectivity index (χ4n) is 3.63. The fraction of sp³-hybridized carbons (Fsp3) is 0.120. The van der Waals surface area contributed by atoms with Crippen molar-refractivity contribution in [3.05, 3.63) is 101 Å². The minimum absolute atomic E-state index is 0.103. The van der Waals surface area contributed by atoms with E-state index in [2.05, 4.69) is 0 Å². The Labute approximate surface area is 203 Å². The highest BCUT2D eigenvalue weighted by molar-refractivity contribution is 7.89. The molecular weight excluding hydrogens is 472 g/mol. The second-order valence-corrected chi connectivity index (χ2v) is 9.97. The van der Waals surface area contributed by atoms with E-state index in [0.717, 1.165) is 22.5 Å². The van der Waals surface area contributed by atoms with Crippen molar-refractivity contribution in [2.24, 2.45) is 5.14 Å². The molecule has 0 aliphatic rings. The number of nitrogens with zero attached hydrogens (tertiary/aromatic N) is 3. The molecule has 3 aromatic carbocycles. The zero-order valence-electron chi connectivity index (χ0n) is 18.6. The highest BCUT2D eigenvalue weighted by Gasteiger charge is 2.21. The van der Waals surface area contributed by atoms with Crippen molar-refractivity contribution in [3.63, 3.8) is 0 Å². The topological polar surface area (TPSA) is 98.3 Å². The van der Waals surface area contributed by atoms with E-state index in [1.54, 1.807) is 36.9 Å². The Morgan fingerprint density at radius 1 is 1.06 bits per heavy atom. The van der Waals surface area contributed by atoms with Crippen LogP contribution in [0.15, 0.2) is 83.9 Å². The number of aromatic nitrogens is 2. The molecule has 0 atom stereocenters. The first-order valence-electron chi connectivity index (χ1n) is 10.4. The average molecular weight is 495 g/mol. The standard InChI is InChI=1S/C25H23ClN4O3S/c1-17-8-13-22(34(27,32)33)14-23(17)25(31)29(2)15-19-16-30(21-6-4-3-5-7-21)28-24(19)18-9-11-20(26)12-10-18/h3-14,16H,15H2,1-2H3,(H2,27,32,33). The summed E-state index contributed by atoms with van der Waals surface area (Å²) in [5.74, 6) is -0.322. The van der Waals surface area contributed by atoms with Gasteiger partial charge in [0.15, 0.2) is 0 Å². The predicted molar refractivity (Wildman–Crippen MR) is 132 cm³/mol. The summed E-state index contributed by atoms with van der Waals surface area (Å²) < 4.78 is 25.3. The summed E-state index contributed by atoms with van der Waals surface area (Å²) in [6.07, 6.45) is 1.89. The summed E-state index contributed by atoms with van der Waals surface area (Å²) in [4.78, 5) is 14.7. The second kappa shape index (κ2) is 9.42. The van der Waals surface area contributed by atoms with E-state index in [-0.39, 0.29) is 22.9 Å². The van der Waals surface area contributed by atoms with Gasteiger partial charge in [-0.25, -0.2) is 18.2 Å². The normalized spacial score (nSPS) is 11.4. The molecule has 1 amide bonds. The Kier molecular flexibility index (Phi) is 6.56. The van der Waals surface area contributed by atoms with Gasteiger partial charge in [0, 0.05) is 41.5 Å². The quantitative estimate of drug-likeness (QED) is 0.429. The van der Waals surface area contributed by atoms with Crippen molar-refractivity contribution in [2.75, 3.05) is 7.05 Å². The van der Waals surface area contributed by atoms with E-state index >= 15 is 0 Å². The molecular formula is C25H23ClN4O3S. The molecule has 34 heavy (non-hydrogen) atoms. The lowest BCUT2D eigenvalue weighted by Crippen LogP contribution is -2.27. The lowest BCUT2D eigenvalue weighted by atomic mass is 10.1. The lowest BCUT2D eigenvalue weighted by molar-refractivity contribution is 0.0784. The van der Waals surface area contributed by atoms with Crippen LogP contribution in [0.1, 0.15) is 21.5 Å². The molecule has 1 heterocycles. The third kappa shape index (κ3) is 5.04. The molecule has 0 radical (unpaired) electrons. The molecule has 0 aliphatic heterocycles. The van der Waals surface area contributed by atoms with Gasteiger partial charge in [-0.15, -0.1) is 0 Å². The maximum absolute atomic E-state index is 13.3. The Bertz CT molecular complexity index is 1450. The average Bonchev–Trinajstić information content (AvgIpc) is 3.23. The van der Waals surface area contributed by atoms with Crippen LogP contribution >= 0.6 is 11.6 Å². The maximum Gasteiger partial charge on any atom is 0.254 e. The summed E-state index contributed by atoms with van der Waals surface area (Å²) in [5.41, 5.74) is 4.22. The zero-order valence-corrected chi connectivity index (χ0v) is 20.2. The number of rotatable bonds is 6. The SMILES string of the molecule is Cc1ccc(S(N)(=O)=O)cc1C(=O)N(C)Cc1cn(-c2ccccc2)nc1-c1ccc(Cl)cc1. The smallest absolute Gasteiger partial charge is 0.254 e. The summed E-state index contributed by atoms with van der Waals surface area (Å²) in [6.45, 7) is 2.00. The maximum atomic E-state index is 13.3. The van der Waals surface area contributed by atoms with Gasteiger partial charge in [-0.05, 0) is 48.9 Å². The van der Waals surface area contributed by atoms with Crippen molar-refractivity contribution in [1.82, 2.24) is 14.7 Å². The van der Waals surface area contributed by atoms with Crippen LogP contribution in [0.4, 0.5) is 0 Å². The molecule has 0 saturated heterocycles. The number of nitrogens with two attached hydrogens (primary N) is 1. The first-order valence-corrected chi connectivity index (χ1v) is 12.3. The molecule has 174 valence electrons. The minimum Gasteiger partial charge on any atom is -0.337 e. The summed E-state index contributed by atoms with van der Waals surface area (Å²) in [6, 6.07) is 21.3. The van der Waals surface area contributed by atoms with Crippen LogP contribution in [0.5, 0.6) is 0 Å². The number of para-hydroxylation sites is 1. The van der Waals surface area contributed by atoms with Crippen molar-refractivity contribution in [2.45, 2.75) is 18.4 Å². The second-order valence-electron chi connectivity index (χ2n) is 7.97. The Morgan fingerprint density at radius 3 is 2.38 bits per heavy atom. The van der Waals surface area contributed by atoms with Crippen LogP contribution in [0.3, 0.4) is 0 Å². The number of sulfonamides is 1. The summed E-state index contributed by atoms with van der Waals surface area (Å²) in [7, 11) is -2.27. The number of aryl methyl sites for hydroxylation is 1. The van der Waals surface area contributed by atoms with Crippen molar-refractivity contribution in [1.29, 1.82) is 0 Å². The van der Waals surface area contributed by atoms with Crippen LogP contribution < -0.4 is 5.14 Å². The molecule has 2 N–H and O–H groups in total. The van der Waals surface area contributed by atoms with Gasteiger partial charge < -0.3 is 4.90 Å². The van der Waals surface area contributed by atoms with E-state index < -0.39 is 10.0 Å². The third-order valence-corrected chi connectivity index (χ3v) is 6.61. The number of primary sulfonamides is 1.